The van der Waals surface area contributed by atoms with E-state index in [-0.39, 0.29) is 0 Å². The maximum Gasteiger partial charge on any atom is 0.0843 e. The number of oxime groups is 1. The van der Waals surface area contributed by atoms with E-state index in [0.29, 0.717) is 11.6 Å². The van der Waals surface area contributed by atoms with Crippen molar-refractivity contribution in [3.05, 3.63) is 65.8 Å². The van der Waals surface area contributed by atoms with Gasteiger partial charge in [-0.2, -0.15) is 0 Å². The van der Waals surface area contributed by atoms with Crippen molar-refractivity contribution in [3.63, 3.8) is 0 Å². The van der Waals surface area contributed by atoms with Crippen LogP contribution in [0.2, 0.25) is 0 Å². The number of hydrogen-bond acceptors (Lipinski definition) is 2. The Morgan fingerprint density at radius 2 is 2.00 bits per heavy atom. The fourth-order valence-corrected chi connectivity index (χ4v) is 2.08. The number of nitrogens with zero attached hydrogens (tertiary/aromatic N) is 1. The molecule has 1 aromatic carbocycles. The number of benzene rings is 1. The van der Waals surface area contributed by atoms with Crippen molar-refractivity contribution in [2.24, 2.45) is 11.1 Å². The van der Waals surface area contributed by atoms with Crippen molar-refractivity contribution in [2.75, 3.05) is 0 Å². The zero-order valence-electron chi connectivity index (χ0n) is 10.7. The van der Waals surface area contributed by atoms with Gasteiger partial charge in [-0.15, -0.1) is 0 Å². The van der Waals surface area contributed by atoms with Crippen molar-refractivity contribution in [1.82, 2.24) is 0 Å². The molecule has 0 amide bonds. The van der Waals surface area contributed by atoms with Gasteiger partial charge in [-0.3, -0.25) is 0 Å². The Morgan fingerprint density at radius 1 is 1.22 bits per heavy atom. The third-order valence-electron chi connectivity index (χ3n) is 3.02. The van der Waals surface area contributed by atoms with Gasteiger partial charge in [0.2, 0.25) is 0 Å². The molecular formula is C16H17NO. The van der Waals surface area contributed by atoms with Crippen LogP contribution in [0, 0.1) is 5.92 Å². The van der Waals surface area contributed by atoms with Crippen LogP contribution in [0.1, 0.15) is 25.0 Å². The first-order valence-corrected chi connectivity index (χ1v) is 6.07. The molecule has 0 aliphatic heterocycles. The zero-order chi connectivity index (χ0) is 13.0. The van der Waals surface area contributed by atoms with E-state index in [2.05, 4.69) is 42.4 Å². The predicted octanol–water partition coefficient (Wildman–Crippen LogP) is 4.03. The van der Waals surface area contributed by atoms with Gasteiger partial charge in [-0.25, -0.2) is 0 Å². The minimum absolute atomic E-state index is 0.398. The largest absolute Gasteiger partial charge is 0.411 e. The summed E-state index contributed by atoms with van der Waals surface area (Å²) in [5.41, 5.74) is 3.85. The first kappa shape index (κ1) is 12.4. The van der Waals surface area contributed by atoms with Gasteiger partial charge in [0.05, 0.1) is 5.71 Å². The Kier molecular flexibility index (Phi) is 3.78. The molecule has 0 radical (unpaired) electrons. The fraction of sp³-hybridized carbons (Fsp3) is 0.188. The standard InChI is InChI=1S/C16H17NO/c1-12-7-3-4-8-14(11-12)16-10-6-5-9-15(16)13(2)17-18/h3-12,18H,1-2H3/b17-13+/t12-/m0/s1. The third-order valence-corrected chi connectivity index (χ3v) is 3.02. The SMILES string of the molecule is C/C(=N\O)c1ccccc1C1=C[C@@H](C)C=CC=C1. The lowest BCUT2D eigenvalue weighted by atomic mass is 9.95. The lowest BCUT2D eigenvalue weighted by Gasteiger charge is -2.10. The van der Waals surface area contributed by atoms with E-state index in [9.17, 15) is 0 Å². The molecule has 0 spiro atoms. The minimum atomic E-state index is 0.398. The average Bonchev–Trinajstić information content (AvgIpc) is 2.62. The molecule has 92 valence electrons. The molecule has 0 saturated carbocycles. The summed E-state index contributed by atoms with van der Waals surface area (Å²) in [5.74, 6) is 0.398. The van der Waals surface area contributed by atoms with Crippen LogP contribution in [-0.4, -0.2) is 10.9 Å². The highest BCUT2D eigenvalue weighted by molar-refractivity contribution is 6.03. The normalized spacial score (nSPS) is 19.6. The minimum Gasteiger partial charge on any atom is -0.411 e. The van der Waals surface area contributed by atoms with Crippen molar-refractivity contribution in [3.8, 4) is 0 Å². The molecule has 1 atom stereocenters. The van der Waals surface area contributed by atoms with Gasteiger partial charge in [0.25, 0.3) is 0 Å². The monoisotopic (exact) mass is 239 g/mol. The molecule has 0 aromatic heterocycles. The first-order chi connectivity index (χ1) is 8.72. The van der Waals surface area contributed by atoms with Crippen LogP contribution in [-0.2, 0) is 0 Å². The van der Waals surface area contributed by atoms with E-state index in [0.717, 1.165) is 16.7 Å². The lowest BCUT2D eigenvalue weighted by Crippen LogP contribution is -2.00. The molecule has 1 aliphatic carbocycles. The highest BCUT2D eigenvalue weighted by atomic mass is 16.4. The maximum atomic E-state index is 8.96. The Bertz CT molecular complexity index is 550. The van der Waals surface area contributed by atoms with Gasteiger partial charge in [0.15, 0.2) is 0 Å². The molecule has 0 heterocycles. The van der Waals surface area contributed by atoms with Gasteiger partial charge in [-0.05, 0) is 24.0 Å². The maximum absolute atomic E-state index is 8.96. The van der Waals surface area contributed by atoms with E-state index in [1.807, 2.05) is 31.2 Å². The highest BCUT2D eigenvalue weighted by Crippen LogP contribution is 2.24. The van der Waals surface area contributed by atoms with Crippen molar-refractivity contribution >= 4 is 11.3 Å². The van der Waals surface area contributed by atoms with Crippen LogP contribution >= 0.6 is 0 Å². The summed E-state index contributed by atoms with van der Waals surface area (Å²) >= 11 is 0. The average molecular weight is 239 g/mol. The molecule has 0 bridgehead atoms. The van der Waals surface area contributed by atoms with Crippen LogP contribution in [0.25, 0.3) is 5.57 Å². The number of allylic oxidation sites excluding steroid dienone is 6. The van der Waals surface area contributed by atoms with Crippen LogP contribution < -0.4 is 0 Å². The lowest BCUT2D eigenvalue weighted by molar-refractivity contribution is 0.319. The molecule has 0 saturated heterocycles. The van der Waals surface area contributed by atoms with Crippen LogP contribution in [0.15, 0.2) is 59.8 Å². The van der Waals surface area contributed by atoms with E-state index in [1.165, 1.54) is 0 Å². The van der Waals surface area contributed by atoms with Gasteiger partial charge in [0.1, 0.15) is 0 Å². The molecule has 18 heavy (non-hydrogen) atoms. The molecule has 2 rings (SSSR count). The predicted molar refractivity (Wildman–Crippen MR) is 75.9 cm³/mol. The summed E-state index contributed by atoms with van der Waals surface area (Å²) in [6, 6.07) is 7.98. The number of hydrogen-bond donors (Lipinski definition) is 1. The van der Waals surface area contributed by atoms with E-state index >= 15 is 0 Å². The van der Waals surface area contributed by atoms with Gasteiger partial charge >= 0.3 is 0 Å². The third kappa shape index (κ3) is 2.59. The van der Waals surface area contributed by atoms with Crippen LogP contribution in [0.3, 0.4) is 0 Å². The molecule has 0 unspecified atom stereocenters. The van der Waals surface area contributed by atoms with E-state index in [4.69, 9.17) is 5.21 Å². The second kappa shape index (κ2) is 5.50. The molecule has 2 nitrogen and oxygen atoms in total. The molecule has 0 fully saturated rings. The summed E-state index contributed by atoms with van der Waals surface area (Å²) in [7, 11) is 0. The van der Waals surface area contributed by atoms with E-state index < -0.39 is 0 Å². The smallest absolute Gasteiger partial charge is 0.0843 e. The molecule has 1 aliphatic rings. The van der Waals surface area contributed by atoms with Crippen molar-refractivity contribution in [2.45, 2.75) is 13.8 Å². The van der Waals surface area contributed by atoms with Crippen LogP contribution in [0.4, 0.5) is 0 Å². The Morgan fingerprint density at radius 3 is 2.78 bits per heavy atom. The molecule has 1 aromatic rings. The molecule has 1 N–H and O–H groups in total. The molecule has 2 heteroatoms. The summed E-state index contributed by atoms with van der Waals surface area (Å²) in [6.07, 6.45) is 10.5. The van der Waals surface area contributed by atoms with E-state index in [1.54, 1.807) is 0 Å². The van der Waals surface area contributed by atoms with Crippen molar-refractivity contribution in [1.29, 1.82) is 0 Å². The second-order valence-corrected chi connectivity index (χ2v) is 4.46. The quantitative estimate of drug-likeness (QED) is 0.471. The zero-order valence-corrected chi connectivity index (χ0v) is 10.7. The first-order valence-electron chi connectivity index (χ1n) is 6.07. The number of rotatable bonds is 2. The topological polar surface area (TPSA) is 32.6 Å². The van der Waals surface area contributed by atoms with Gasteiger partial charge < -0.3 is 5.21 Å². The summed E-state index contributed by atoms with van der Waals surface area (Å²) < 4.78 is 0. The summed E-state index contributed by atoms with van der Waals surface area (Å²) in [5, 5.41) is 12.3. The fourth-order valence-electron chi connectivity index (χ4n) is 2.08. The van der Waals surface area contributed by atoms with Gasteiger partial charge in [-0.1, -0.05) is 66.7 Å². The highest BCUT2D eigenvalue weighted by Gasteiger charge is 2.09. The van der Waals surface area contributed by atoms with Crippen molar-refractivity contribution < 1.29 is 5.21 Å². The Hall–Kier alpha value is -2.09. The van der Waals surface area contributed by atoms with Gasteiger partial charge in [0, 0.05) is 5.56 Å². The molecular weight excluding hydrogens is 222 g/mol. The summed E-state index contributed by atoms with van der Waals surface area (Å²) in [6.45, 7) is 3.96. The van der Waals surface area contributed by atoms with Crippen LogP contribution in [0.5, 0.6) is 0 Å². The second-order valence-electron chi connectivity index (χ2n) is 4.46. The Labute approximate surface area is 108 Å². The summed E-state index contributed by atoms with van der Waals surface area (Å²) in [4.78, 5) is 0. The Balaban J connectivity index is 2.52.